The van der Waals surface area contributed by atoms with Gasteiger partial charge in [0, 0.05) is 25.9 Å². The molecule has 0 aliphatic rings. The summed E-state index contributed by atoms with van der Waals surface area (Å²) in [5.41, 5.74) is 2.43. The smallest absolute Gasteiger partial charge is 0.203 e. The first-order chi connectivity index (χ1) is 10.2. The third kappa shape index (κ3) is 4.90. The number of hydrogen-bond acceptors (Lipinski definition) is 3. The molecular weight excluding hydrogens is 262 g/mol. The summed E-state index contributed by atoms with van der Waals surface area (Å²) in [6, 6.07) is 10.9. The van der Waals surface area contributed by atoms with Crippen molar-refractivity contribution in [3.8, 4) is 0 Å². The maximum absolute atomic E-state index is 5.16. The standard InChI is InChI=1S/C17H25N3O/c1-14-12-20(17(18-14)19-15(2)13-21-3)11-7-10-16-8-5-4-6-9-16/h4-6,8-9,12,15H,7,10-11,13H2,1-3H3,(H,18,19). The zero-order valence-corrected chi connectivity index (χ0v) is 13.2. The van der Waals surface area contributed by atoms with E-state index in [1.807, 2.05) is 6.92 Å². The van der Waals surface area contributed by atoms with Gasteiger partial charge in [0.15, 0.2) is 0 Å². The molecule has 1 aromatic heterocycles. The van der Waals surface area contributed by atoms with Crippen molar-refractivity contribution in [3.63, 3.8) is 0 Å². The van der Waals surface area contributed by atoms with Crippen LogP contribution >= 0.6 is 0 Å². The molecule has 4 nitrogen and oxygen atoms in total. The molecular formula is C17H25N3O. The van der Waals surface area contributed by atoms with Crippen molar-refractivity contribution in [1.29, 1.82) is 0 Å². The maximum atomic E-state index is 5.16. The fourth-order valence-corrected chi connectivity index (χ4v) is 2.44. The fourth-order valence-electron chi connectivity index (χ4n) is 2.44. The predicted molar refractivity (Wildman–Crippen MR) is 86.7 cm³/mol. The van der Waals surface area contributed by atoms with E-state index in [-0.39, 0.29) is 6.04 Å². The van der Waals surface area contributed by atoms with Gasteiger partial charge in [0.25, 0.3) is 0 Å². The summed E-state index contributed by atoms with van der Waals surface area (Å²) < 4.78 is 7.36. The molecule has 0 aliphatic carbocycles. The zero-order chi connectivity index (χ0) is 15.1. The number of hydrogen-bond donors (Lipinski definition) is 1. The normalized spacial score (nSPS) is 12.3. The molecule has 1 unspecified atom stereocenters. The lowest BCUT2D eigenvalue weighted by molar-refractivity contribution is 0.190. The number of nitrogens with one attached hydrogen (secondary N) is 1. The largest absolute Gasteiger partial charge is 0.383 e. The number of anilines is 1. The molecule has 1 heterocycles. The van der Waals surface area contributed by atoms with E-state index in [0.717, 1.165) is 31.0 Å². The Bertz CT molecular complexity index is 536. The van der Waals surface area contributed by atoms with Crippen molar-refractivity contribution in [3.05, 3.63) is 47.8 Å². The number of imidazole rings is 1. The summed E-state index contributed by atoms with van der Waals surface area (Å²) in [7, 11) is 1.72. The van der Waals surface area contributed by atoms with E-state index >= 15 is 0 Å². The van der Waals surface area contributed by atoms with Crippen molar-refractivity contribution >= 4 is 5.95 Å². The highest BCUT2D eigenvalue weighted by Crippen LogP contribution is 2.12. The summed E-state index contributed by atoms with van der Waals surface area (Å²) >= 11 is 0. The molecule has 0 fully saturated rings. The number of aryl methyl sites for hydroxylation is 3. The molecule has 2 rings (SSSR count). The van der Waals surface area contributed by atoms with E-state index < -0.39 is 0 Å². The predicted octanol–water partition coefficient (Wildman–Crippen LogP) is 3.27. The van der Waals surface area contributed by atoms with Crippen molar-refractivity contribution in [2.45, 2.75) is 39.3 Å². The number of methoxy groups -OCH3 is 1. The molecule has 0 bridgehead atoms. The van der Waals surface area contributed by atoms with E-state index in [1.165, 1.54) is 5.56 Å². The Balaban J connectivity index is 1.90. The molecule has 0 radical (unpaired) electrons. The third-order valence-corrected chi connectivity index (χ3v) is 3.40. The number of nitrogens with zero attached hydrogens (tertiary/aromatic N) is 2. The quantitative estimate of drug-likeness (QED) is 0.810. The Morgan fingerprint density at radius 1 is 1.29 bits per heavy atom. The van der Waals surface area contributed by atoms with Crippen LogP contribution in [0.4, 0.5) is 5.95 Å². The molecule has 4 heteroatoms. The first-order valence-electron chi connectivity index (χ1n) is 7.52. The Morgan fingerprint density at radius 2 is 2.05 bits per heavy atom. The number of rotatable bonds is 8. The van der Waals surface area contributed by atoms with Crippen LogP contribution in [0, 0.1) is 6.92 Å². The summed E-state index contributed by atoms with van der Waals surface area (Å²) in [4.78, 5) is 4.55. The van der Waals surface area contributed by atoms with Crippen molar-refractivity contribution in [2.75, 3.05) is 19.0 Å². The molecule has 0 saturated carbocycles. The van der Waals surface area contributed by atoms with Crippen LogP contribution in [0.2, 0.25) is 0 Å². The van der Waals surface area contributed by atoms with Gasteiger partial charge in [0.1, 0.15) is 0 Å². The van der Waals surface area contributed by atoms with Crippen LogP contribution in [-0.2, 0) is 17.7 Å². The highest BCUT2D eigenvalue weighted by molar-refractivity contribution is 5.30. The van der Waals surface area contributed by atoms with Gasteiger partial charge in [0.05, 0.1) is 12.3 Å². The van der Waals surface area contributed by atoms with Gasteiger partial charge in [-0.1, -0.05) is 30.3 Å². The van der Waals surface area contributed by atoms with E-state index in [0.29, 0.717) is 6.61 Å². The Kier molecular flexibility index (Phi) is 5.81. The lowest BCUT2D eigenvalue weighted by Crippen LogP contribution is -2.23. The number of aromatic nitrogens is 2. The van der Waals surface area contributed by atoms with E-state index in [1.54, 1.807) is 7.11 Å². The minimum atomic E-state index is 0.254. The maximum Gasteiger partial charge on any atom is 0.203 e. The Hall–Kier alpha value is -1.81. The van der Waals surface area contributed by atoms with Crippen LogP contribution in [0.1, 0.15) is 24.6 Å². The van der Waals surface area contributed by atoms with Crippen LogP contribution in [0.5, 0.6) is 0 Å². The molecule has 0 spiro atoms. The second-order valence-corrected chi connectivity index (χ2v) is 5.49. The third-order valence-electron chi connectivity index (χ3n) is 3.40. The van der Waals surface area contributed by atoms with Crippen molar-refractivity contribution in [1.82, 2.24) is 9.55 Å². The summed E-state index contributed by atoms with van der Waals surface area (Å²) in [6.45, 7) is 5.77. The highest BCUT2D eigenvalue weighted by atomic mass is 16.5. The molecule has 1 aromatic carbocycles. The summed E-state index contributed by atoms with van der Waals surface area (Å²) in [6.07, 6.45) is 4.30. The van der Waals surface area contributed by atoms with Crippen molar-refractivity contribution < 1.29 is 4.74 Å². The molecule has 2 aromatic rings. The summed E-state index contributed by atoms with van der Waals surface area (Å²) in [5.74, 6) is 0.935. The Labute approximate surface area is 127 Å². The van der Waals surface area contributed by atoms with Gasteiger partial charge in [-0.25, -0.2) is 4.98 Å². The monoisotopic (exact) mass is 287 g/mol. The lowest BCUT2D eigenvalue weighted by Gasteiger charge is -2.15. The molecule has 0 aliphatic heterocycles. The second kappa shape index (κ2) is 7.84. The highest BCUT2D eigenvalue weighted by Gasteiger charge is 2.08. The molecule has 1 atom stereocenters. The van der Waals surface area contributed by atoms with Crippen LogP contribution in [0.25, 0.3) is 0 Å². The van der Waals surface area contributed by atoms with Crippen LogP contribution in [0.15, 0.2) is 36.5 Å². The Morgan fingerprint density at radius 3 is 2.76 bits per heavy atom. The first kappa shape index (κ1) is 15.6. The van der Waals surface area contributed by atoms with Crippen molar-refractivity contribution in [2.24, 2.45) is 0 Å². The molecule has 114 valence electrons. The number of benzene rings is 1. The molecule has 1 N–H and O–H groups in total. The average Bonchev–Trinajstić information content (AvgIpc) is 2.80. The van der Waals surface area contributed by atoms with Crippen LogP contribution in [-0.4, -0.2) is 29.3 Å². The number of ether oxygens (including phenoxy) is 1. The van der Waals surface area contributed by atoms with Gasteiger partial charge in [-0.15, -0.1) is 0 Å². The molecule has 0 amide bonds. The SMILES string of the molecule is COCC(C)Nc1nc(C)cn1CCCc1ccccc1. The fraction of sp³-hybridized carbons (Fsp3) is 0.471. The van der Waals surface area contributed by atoms with Gasteiger partial charge in [0.2, 0.25) is 5.95 Å². The second-order valence-electron chi connectivity index (χ2n) is 5.49. The minimum Gasteiger partial charge on any atom is -0.383 e. The zero-order valence-electron chi connectivity index (χ0n) is 13.2. The topological polar surface area (TPSA) is 39.1 Å². The first-order valence-corrected chi connectivity index (χ1v) is 7.52. The minimum absolute atomic E-state index is 0.254. The van der Waals surface area contributed by atoms with Gasteiger partial charge in [-0.3, -0.25) is 0 Å². The van der Waals surface area contributed by atoms with Crippen LogP contribution in [0.3, 0.4) is 0 Å². The molecule has 0 saturated heterocycles. The average molecular weight is 287 g/mol. The van der Waals surface area contributed by atoms with Gasteiger partial charge >= 0.3 is 0 Å². The van der Waals surface area contributed by atoms with E-state index in [4.69, 9.17) is 4.74 Å². The van der Waals surface area contributed by atoms with Crippen LogP contribution < -0.4 is 5.32 Å². The van der Waals surface area contributed by atoms with Gasteiger partial charge < -0.3 is 14.6 Å². The lowest BCUT2D eigenvalue weighted by atomic mass is 10.1. The van der Waals surface area contributed by atoms with E-state index in [2.05, 4.69) is 58.3 Å². The summed E-state index contributed by atoms with van der Waals surface area (Å²) in [5, 5.41) is 3.41. The molecule has 21 heavy (non-hydrogen) atoms. The van der Waals surface area contributed by atoms with E-state index in [9.17, 15) is 0 Å². The van der Waals surface area contributed by atoms with Gasteiger partial charge in [-0.05, 0) is 32.3 Å². The van der Waals surface area contributed by atoms with Gasteiger partial charge in [-0.2, -0.15) is 0 Å².